The summed E-state index contributed by atoms with van der Waals surface area (Å²) in [6.45, 7) is 2.54. The second-order valence-electron chi connectivity index (χ2n) is 3.78. The Morgan fingerprint density at radius 3 is 2.71 bits per heavy atom. The molecule has 0 aliphatic rings. The number of esters is 1. The van der Waals surface area contributed by atoms with Gasteiger partial charge in [0, 0.05) is 11.5 Å². The van der Waals surface area contributed by atoms with E-state index in [2.05, 4.69) is 6.92 Å². The van der Waals surface area contributed by atoms with Crippen LogP contribution in [0.2, 0.25) is 0 Å². The van der Waals surface area contributed by atoms with Gasteiger partial charge in [0.25, 0.3) is 0 Å². The molecule has 0 saturated heterocycles. The molecule has 0 amide bonds. The average Bonchev–Trinajstić information content (AvgIpc) is 2.37. The maximum absolute atomic E-state index is 11.3. The minimum Gasteiger partial charge on any atom is -0.466 e. The quantitative estimate of drug-likeness (QED) is 0.462. The summed E-state index contributed by atoms with van der Waals surface area (Å²) in [5, 5.41) is 0.906. The molecule has 0 radical (unpaired) electrons. The molecule has 1 rings (SSSR count). The third-order valence-corrected chi connectivity index (χ3v) is 3.88. The van der Waals surface area contributed by atoms with E-state index in [0.29, 0.717) is 19.2 Å². The minimum atomic E-state index is -1.23. The molecule has 1 atom stereocenters. The standard InChI is InChI=1S/C13H19O3P/c1-2-3-10-16-13(14)9-11-17(15)12-7-5-4-6-8-12/h4-8,15H,2-3,9-11H2,1H3. The third-order valence-electron chi connectivity index (χ3n) is 2.34. The van der Waals surface area contributed by atoms with Crippen molar-refractivity contribution in [3.05, 3.63) is 30.3 Å². The van der Waals surface area contributed by atoms with Crippen molar-refractivity contribution >= 4 is 19.4 Å². The van der Waals surface area contributed by atoms with Crippen molar-refractivity contribution in [2.75, 3.05) is 12.8 Å². The second kappa shape index (κ2) is 8.21. The predicted octanol–water partition coefficient (Wildman–Crippen LogP) is 2.43. The molecular formula is C13H19O3P. The highest BCUT2D eigenvalue weighted by Gasteiger charge is 2.10. The Morgan fingerprint density at radius 1 is 1.35 bits per heavy atom. The number of carbonyl (C=O) groups excluding carboxylic acids is 1. The normalized spacial score (nSPS) is 12.1. The topological polar surface area (TPSA) is 46.5 Å². The van der Waals surface area contributed by atoms with Gasteiger partial charge in [0.2, 0.25) is 0 Å². The molecule has 1 N–H and O–H groups in total. The first-order valence-corrected chi connectivity index (χ1v) is 7.39. The van der Waals surface area contributed by atoms with Crippen molar-refractivity contribution < 1.29 is 14.4 Å². The molecule has 4 heteroatoms. The highest BCUT2D eigenvalue weighted by molar-refractivity contribution is 7.59. The SMILES string of the molecule is CCCCOC(=O)CCP(O)c1ccccc1. The van der Waals surface area contributed by atoms with Crippen molar-refractivity contribution in [2.24, 2.45) is 0 Å². The van der Waals surface area contributed by atoms with Crippen molar-refractivity contribution in [1.29, 1.82) is 0 Å². The smallest absolute Gasteiger partial charge is 0.306 e. The number of carbonyl (C=O) groups is 1. The lowest BCUT2D eigenvalue weighted by Gasteiger charge is -2.10. The molecule has 1 aromatic rings. The van der Waals surface area contributed by atoms with Crippen LogP contribution in [0.1, 0.15) is 26.2 Å². The summed E-state index contributed by atoms with van der Waals surface area (Å²) < 4.78 is 5.03. The molecule has 0 aliphatic heterocycles. The number of hydrogen-bond donors (Lipinski definition) is 1. The van der Waals surface area contributed by atoms with Gasteiger partial charge in [-0.05, 0) is 6.42 Å². The molecule has 0 spiro atoms. The van der Waals surface area contributed by atoms with Crippen molar-refractivity contribution in [3.63, 3.8) is 0 Å². The first kappa shape index (κ1) is 14.1. The van der Waals surface area contributed by atoms with Gasteiger partial charge in [-0.2, -0.15) is 0 Å². The first-order valence-electron chi connectivity index (χ1n) is 5.91. The van der Waals surface area contributed by atoms with Gasteiger partial charge in [0.15, 0.2) is 0 Å². The number of benzene rings is 1. The van der Waals surface area contributed by atoms with Gasteiger partial charge in [0.1, 0.15) is 0 Å². The van der Waals surface area contributed by atoms with E-state index < -0.39 is 8.15 Å². The van der Waals surface area contributed by atoms with E-state index >= 15 is 0 Å². The van der Waals surface area contributed by atoms with Gasteiger partial charge in [-0.3, -0.25) is 4.79 Å². The van der Waals surface area contributed by atoms with Crippen molar-refractivity contribution in [3.8, 4) is 0 Å². The number of rotatable bonds is 7. The first-order chi connectivity index (χ1) is 8.24. The van der Waals surface area contributed by atoms with E-state index in [1.54, 1.807) is 0 Å². The summed E-state index contributed by atoms with van der Waals surface area (Å²) in [6.07, 6.45) is 2.69. The summed E-state index contributed by atoms with van der Waals surface area (Å²) in [6, 6.07) is 9.45. The van der Waals surface area contributed by atoms with E-state index in [4.69, 9.17) is 4.74 Å². The highest BCUT2D eigenvalue weighted by Crippen LogP contribution is 2.29. The van der Waals surface area contributed by atoms with E-state index in [1.165, 1.54) is 0 Å². The Bertz CT molecular complexity index is 327. The zero-order valence-corrected chi connectivity index (χ0v) is 11.0. The van der Waals surface area contributed by atoms with Gasteiger partial charge in [-0.25, -0.2) is 0 Å². The van der Waals surface area contributed by atoms with Crippen LogP contribution in [0, 0.1) is 0 Å². The lowest BCUT2D eigenvalue weighted by molar-refractivity contribution is -0.143. The van der Waals surface area contributed by atoms with Crippen LogP contribution in [-0.4, -0.2) is 23.6 Å². The van der Waals surface area contributed by atoms with Crippen molar-refractivity contribution in [2.45, 2.75) is 26.2 Å². The van der Waals surface area contributed by atoms with Crippen LogP contribution in [0.3, 0.4) is 0 Å². The molecule has 0 heterocycles. The van der Waals surface area contributed by atoms with Crippen LogP contribution >= 0.6 is 8.15 Å². The zero-order chi connectivity index (χ0) is 12.5. The molecule has 94 valence electrons. The molecule has 0 aromatic heterocycles. The molecule has 1 unspecified atom stereocenters. The van der Waals surface area contributed by atoms with Gasteiger partial charge in [0.05, 0.1) is 21.2 Å². The molecule has 0 aliphatic carbocycles. The van der Waals surface area contributed by atoms with E-state index in [0.717, 1.165) is 18.1 Å². The van der Waals surface area contributed by atoms with E-state index in [1.807, 2.05) is 30.3 Å². The zero-order valence-electron chi connectivity index (χ0n) is 10.1. The summed E-state index contributed by atoms with van der Waals surface area (Å²) >= 11 is 0. The monoisotopic (exact) mass is 254 g/mol. The molecule has 0 fully saturated rings. The second-order valence-corrected chi connectivity index (χ2v) is 5.55. The van der Waals surface area contributed by atoms with Gasteiger partial charge in [-0.1, -0.05) is 43.7 Å². The molecule has 0 saturated carbocycles. The van der Waals surface area contributed by atoms with Crippen LogP contribution in [0.25, 0.3) is 0 Å². The molecule has 1 aromatic carbocycles. The average molecular weight is 254 g/mol. The van der Waals surface area contributed by atoms with Crippen LogP contribution in [0.15, 0.2) is 30.3 Å². The molecular weight excluding hydrogens is 235 g/mol. The van der Waals surface area contributed by atoms with Crippen LogP contribution in [-0.2, 0) is 9.53 Å². The molecule has 17 heavy (non-hydrogen) atoms. The minimum absolute atomic E-state index is 0.212. The Labute approximate surface area is 104 Å². The maximum Gasteiger partial charge on any atom is 0.306 e. The molecule has 3 nitrogen and oxygen atoms in total. The summed E-state index contributed by atoms with van der Waals surface area (Å²) in [5.41, 5.74) is 0. The fourth-order valence-corrected chi connectivity index (χ4v) is 2.50. The fraction of sp³-hybridized carbons (Fsp3) is 0.462. The van der Waals surface area contributed by atoms with Crippen LogP contribution < -0.4 is 5.30 Å². The summed E-state index contributed by atoms with van der Waals surface area (Å²) in [5.74, 6) is -0.212. The maximum atomic E-state index is 11.3. The number of unbranched alkanes of at least 4 members (excludes halogenated alkanes) is 1. The Balaban J connectivity index is 2.24. The van der Waals surface area contributed by atoms with Crippen LogP contribution in [0.5, 0.6) is 0 Å². The van der Waals surface area contributed by atoms with Gasteiger partial charge >= 0.3 is 5.97 Å². The number of ether oxygens (including phenoxy) is 1. The Hall–Kier alpha value is -0.920. The lowest BCUT2D eigenvalue weighted by atomic mass is 10.4. The van der Waals surface area contributed by atoms with E-state index in [9.17, 15) is 9.69 Å². The Kier molecular flexibility index (Phi) is 6.83. The van der Waals surface area contributed by atoms with Gasteiger partial charge < -0.3 is 9.63 Å². The fourth-order valence-electron chi connectivity index (χ4n) is 1.33. The van der Waals surface area contributed by atoms with Crippen molar-refractivity contribution in [1.82, 2.24) is 0 Å². The van der Waals surface area contributed by atoms with Crippen LogP contribution in [0.4, 0.5) is 0 Å². The summed E-state index contributed by atoms with van der Waals surface area (Å²) in [7, 11) is -1.23. The largest absolute Gasteiger partial charge is 0.466 e. The lowest BCUT2D eigenvalue weighted by Crippen LogP contribution is -2.10. The predicted molar refractivity (Wildman–Crippen MR) is 70.6 cm³/mol. The Morgan fingerprint density at radius 2 is 2.06 bits per heavy atom. The highest BCUT2D eigenvalue weighted by atomic mass is 31.1. The number of hydrogen-bond acceptors (Lipinski definition) is 3. The third kappa shape index (κ3) is 5.81. The van der Waals surface area contributed by atoms with E-state index in [-0.39, 0.29) is 5.97 Å². The summed E-state index contributed by atoms with van der Waals surface area (Å²) in [4.78, 5) is 21.2. The molecule has 0 bridgehead atoms. The van der Waals surface area contributed by atoms with Gasteiger partial charge in [-0.15, -0.1) is 0 Å².